The van der Waals surface area contributed by atoms with Gasteiger partial charge in [0.1, 0.15) is 0 Å². The Kier molecular flexibility index (Phi) is 5.32. The Bertz CT molecular complexity index is 804. The van der Waals surface area contributed by atoms with Crippen LogP contribution in [0.1, 0.15) is 11.1 Å². The number of anilines is 1. The summed E-state index contributed by atoms with van der Waals surface area (Å²) in [7, 11) is 0. The number of rotatable bonds is 4. The number of nitrogens with one attached hydrogen (secondary N) is 2. The Hall–Kier alpha value is -3.26. The second-order valence-electron chi connectivity index (χ2n) is 5.67. The van der Waals surface area contributed by atoms with Crippen LogP contribution >= 0.6 is 0 Å². The van der Waals surface area contributed by atoms with Crippen molar-refractivity contribution in [2.75, 3.05) is 24.5 Å². The zero-order valence-corrected chi connectivity index (χ0v) is 13.8. The molecule has 0 aliphatic carbocycles. The minimum Gasteiger partial charge on any atom is -0.345 e. The summed E-state index contributed by atoms with van der Waals surface area (Å²) in [5.41, 5.74) is 2.69. The fourth-order valence-corrected chi connectivity index (χ4v) is 2.58. The average molecular weight is 333 g/mol. The van der Waals surface area contributed by atoms with Gasteiger partial charge in [0, 0.05) is 24.3 Å². The molecule has 3 amide bonds. The van der Waals surface area contributed by atoms with Crippen LogP contribution in [0.4, 0.5) is 10.5 Å². The van der Waals surface area contributed by atoms with Crippen molar-refractivity contribution >= 4 is 17.6 Å². The topological polar surface area (TPSA) is 61.4 Å². The van der Waals surface area contributed by atoms with Gasteiger partial charge in [-0.15, -0.1) is 0 Å². The number of nitrogens with zero attached hydrogens (tertiary/aromatic N) is 1. The first-order valence-electron chi connectivity index (χ1n) is 8.17. The zero-order valence-electron chi connectivity index (χ0n) is 13.8. The Morgan fingerprint density at radius 3 is 2.56 bits per heavy atom. The first-order valence-corrected chi connectivity index (χ1v) is 8.17. The number of hydrogen-bond donors (Lipinski definition) is 2. The van der Waals surface area contributed by atoms with E-state index >= 15 is 0 Å². The maximum Gasteiger partial charge on any atom is 0.321 e. The molecule has 0 aromatic heterocycles. The largest absolute Gasteiger partial charge is 0.345 e. The lowest BCUT2D eigenvalue weighted by molar-refractivity contribution is -0.120. The predicted octanol–water partition coefficient (Wildman–Crippen LogP) is 1.93. The van der Waals surface area contributed by atoms with Crippen LogP contribution in [0.2, 0.25) is 0 Å². The second-order valence-corrected chi connectivity index (χ2v) is 5.67. The van der Waals surface area contributed by atoms with E-state index in [9.17, 15) is 9.59 Å². The third-order valence-corrected chi connectivity index (χ3v) is 3.85. The van der Waals surface area contributed by atoms with Gasteiger partial charge in [0.15, 0.2) is 0 Å². The number of amides is 3. The van der Waals surface area contributed by atoms with E-state index in [4.69, 9.17) is 0 Å². The normalized spacial score (nSPS) is 13.0. The van der Waals surface area contributed by atoms with Crippen molar-refractivity contribution in [2.45, 2.75) is 6.42 Å². The molecule has 0 bridgehead atoms. The predicted molar refractivity (Wildman–Crippen MR) is 97.2 cm³/mol. The van der Waals surface area contributed by atoms with Crippen molar-refractivity contribution in [2.24, 2.45) is 0 Å². The Morgan fingerprint density at radius 2 is 1.88 bits per heavy atom. The molecule has 1 saturated heterocycles. The molecule has 0 radical (unpaired) electrons. The highest BCUT2D eigenvalue weighted by Gasteiger charge is 2.20. The lowest BCUT2D eigenvalue weighted by Gasteiger charge is -2.13. The molecule has 2 aromatic carbocycles. The molecular weight excluding hydrogens is 314 g/mol. The molecule has 0 atom stereocenters. The summed E-state index contributed by atoms with van der Waals surface area (Å²) < 4.78 is 0. The smallest absolute Gasteiger partial charge is 0.321 e. The van der Waals surface area contributed by atoms with E-state index in [0.29, 0.717) is 26.1 Å². The zero-order chi connectivity index (χ0) is 17.5. The number of carbonyl (C=O) groups is 2. The summed E-state index contributed by atoms with van der Waals surface area (Å²) in [5.74, 6) is 5.90. The van der Waals surface area contributed by atoms with Crippen molar-refractivity contribution in [1.82, 2.24) is 10.6 Å². The van der Waals surface area contributed by atoms with Crippen LogP contribution in [-0.2, 0) is 11.2 Å². The third-order valence-electron chi connectivity index (χ3n) is 3.85. The Morgan fingerprint density at radius 1 is 1.12 bits per heavy atom. The number of benzene rings is 2. The van der Waals surface area contributed by atoms with Gasteiger partial charge in [0.2, 0.25) is 5.91 Å². The summed E-state index contributed by atoms with van der Waals surface area (Å²) in [5, 5.41) is 5.56. The van der Waals surface area contributed by atoms with Gasteiger partial charge in [-0.2, -0.15) is 0 Å². The van der Waals surface area contributed by atoms with Crippen molar-refractivity contribution in [3.05, 3.63) is 65.7 Å². The molecule has 1 aliphatic heterocycles. The fourth-order valence-electron chi connectivity index (χ4n) is 2.58. The standard InChI is InChI=1S/C20H19N3O2/c24-19(15-17-5-2-1-3-6-17)21-12-4-7-16-8-10-18(11-9-16)23-14-13-22-20(23)25/h1-3,5-6,8-11H,12-15H2,(H,21,24)(H,22,25). The van der Waals surface area contributed by atoms with E-state index in [2.05, 4.69) is 22.5 Å². The van der Waals surface area contributed by atoms with Gasteiger partial charge in [-0.05, 0) is 29.8 Å². The fraction of sp³-hybridized carbons (Fsp3) is 0.200. The maximum absolute atomic E-state index is 11.8. The molecule has 0 saturated carbocycles. The molecule has 3 rings (SSSR count). The van der Waals surface area contributed by atoms with Crippen molar-refractivity contribution in [1.29, 1.82) is 0 Å². The molecular formula is C20H19N3O2. The molecule has 2 N–H and O–H groups in total. The lowest BCUT2D eigenvalue weighted by atomic mass is 10.1. The van der Waals surface area contributed by atoms with Crippen LogP contribution in [0.5, 0.6) is 0 Å². The maximum atomic E-state index is 11.8. The molecule has 5 heteroatoms. The number of carbonyl (C=O) groups excluding carboxylic acids is 2. The van der Waals surface area contributed by atoms with Crippen LogP contribution in [0, 0.1) is 11.8 Å². The summed E-state index contributed by atoms with van der Waals surface area (Å²) in [6.45, 7) is 1.66. The molecule has 1 heterocycles. The highest BCUT2D eigenvalue weighted by molar-refractivity contribution is 5.94. The van der Waals surface area contributed by atoms with E-state index < -0.39 is 0 Å². The Balaban J connectivity index is 1.48. The molecule has 1 aliphatic rings. The van der Waals surface area contributed by atoms with Gasteiger partial charge >= 0.3 is 6.03 Å². The minimum absolute atomic E-state index is 0.0455. The van der Waals surface area contributed by atoms with E-state index in [1.807, 2.05) is 54.6 Å². The van der Waals surface area contributed by atoms with Crippen molar-refractivity contribution < 1.29 is 9.59 Å². The second kappa shape index (κ2) is 8.02. The SMILES string of the molecule is O=C(Cc1ccccc1)NCC#Cc1ccc(N2CCNC2=O)cc1. The molecule has 5 nitrogen and oxygen atoms in total. The van der Waals surface area contributed by atoms with Crippen LogP contribution in [0.15, 0.2) is 54.6 Å². The molecule has 126 valence electrons. The van der Waals surface area contributed by atoms with Gasteiger partial charge in [-0.3, -0.25) is 9.69 Å². The van der Waals surface area contributed by atoms with Crippen LogP contribution in [0.3, 0.4) is 0 Å². The lowest BCUT2D eigenvalue weighted by Crippen LogP contribution is -2.27. The molecule has 0 unspecified atom stereocenters. The summed E-state index contributed by atoms with van der Waals surface area (Å²) >= 11 is 0. The summed E-state index contributed by atoms with van der Waals surface area (Å²) in [6, 6.07) is 17.0. The summed E-state index contributed by atoms with van der Waals surface area (Å²) in [4.78, 5) is 25.1. The quantitative estimate of drug-likeness (QED) is 0.840. The van der Waals surface area contributed by atoms with Crippen LogP contribution in [0.25, 0.3) is 0 Å². The van der Waals surface area contributed by atoms with Gasteiger partial charge in [0.05, 0.1) is 13.0 Å². The Labute approximate surface area is 147 Å². The van der Waals surface area contributed by atoms with Gasteiger partial charge in [0.25, 0.3) is 0 Å². The molecule has 1 fully saturated rings. The van der Waals surface area contributed by atoms with E-state index in [1.165, 1.54) is 0 Å². The van der Waals surface area contributed by atoms with Crippen LogP contribution < -0.4 is 15.5 Å². The highest BCUT2D eigenvalue weighted by atomic mass is 16.2. The van der Waals surface area contributed by atoms with Gasteiger partial charge in [-0.25, -0.2) is 4.79 Å². The van der Waals surface area contributed by atoms with Gasteiger partial charge in [-0.1, -0.05) is 42.2 Å². The minimum atomic E-state index is -0.0695. The average Bonchev–Trinajstić information content (AvgIpc) is 3.06. The van der Waals surface area contributed by atoms with Gasteiger partial charge < -0.3 is 10.6 Å². The highest BCUT2D eigenvalue weighted by Crippen LogP contribution is 2.16. The van der Waals surface area contributed by atoms with Crippen molar-refractivity contribution in [3.8, 4) is 11.8 Å². The third kappa shape index (κ3) is 4.61. The molecule has 2 aromatic rings. The number of urea groups is 1. The van der Waals surface area contributed by atoms with E-state index in [0.717, 1.165) is 16.8 Å². The summed E-state index contributed by atoms with van der Waals surface area (Å²) in [6.07, 6.45) is 0.356. The monoisotopic (exact) mass is 333 g/mol. The molecule has 0 spiro atoms. The number of hydrogen-bond acceptors (Lipinski definition) is 2. The van der Waals surface area contributed by atoms with E-state index in [-0.39, 0.29) is 11.9 Å². The van der Waals surface area contributed by atoms with E-state index in [1.54, 1.807) is 4.90 Å². The first-order chi connectivity index (χ1) is 12.2. The first kappa shape index (κ1) is 16.6. The molecule has 25 heavy (non-hydrogen) atoms. The van der Waals surface area contributed by atoms with Crippen LogP contribution in [-0.4, -0.2) is 31.6 Å². The van der Waals surface area contributed by atoms with Crippen molar-refractivity contribution in [3.63, 3.8) is 0 Å².